The minimum atomic E-state index is -1.46. The number of alkyl carbamates (subject to hydrolysis) is 1. The third-order valence-electron chi connectivity index (χ3n) is 13.4. The molecule has 3 fully saturated rings. The van der Waals surface area contributed by atoms with Crippen LogP contribution in [0.3, 0.4) is 0 Å². The van der Waals surface area contributed by atoms with Gasteiger partial charge in [-0.15, -0.1) is 0 Å². The van der Waals surface area contributed by atoms with E-state index in [2.05, 4.69) is 72.9 Å². The van der Waals surface area contributed by atoms with Crippen LogP contribution in [0.1, 0.15) is 151 Å². The molecule has 4 aromatic carbocycles. The lowest BCUT2D eigenvalue weighted by atomic mass is 9.73. The van der Waals surface area contributed by atoms with Crippen LogP contribution in [-0.4, -0.2) is 80.0 Å². The third-order valence-corrected chi connectivity index (χ3v) is 13.4. The molecule has 1 spiro atoms. The quantitative estimate of drug-likeness (QED) is 0.140. The highest BCUT2D eigenvalue weighted by Crippen LogP contribution is 2.47. The van der Waals surface area contributed by atoms with Crippen LogP contribution in [0, 0.1) is 13.8 Å². The zero-order chi connectivity index (χ0) is 48.5. The lowest BCUT2D eigenvalue weighted by Gasteiger charge is -2.40. The second-order valence-corrected chi connectivity index (χ2v) is 20.5. The monoisotopic (exact) mass is 929 g/mol. The lowest BCUT2D eigenvalue weighted by Crippen LogP contribution is -2.56. The predicted molar refractivity (Wildman–Crippen MR) is 259 cm³/mol. The first-order valence-corrected chi connectivity index (χ1v) is 23.3. The van der Waals surface area contributed by atoms with Gasteiger partial charge in [0.25, 0.3) is 5.91 Å². The summed E-state index contributed by atoms with van der Waals surface area (Å²) in [5.74, 6) is -1.29. The van der Waals surface area contributed by atoms with Crippen molar-refractivity contribution >= 4 is 36.2 Å². The van der Waals surface area contributed by atoms with Crippen LogP contribution >= 0.6 is 0 Å². The molecule has 0 atom stereocenters. The number of rotatable bonds is 6. The van der Waals surface area contributed by atoms with Crippen LogP contribution in [0.4, 0.5) is 19.2 Å². The summed E-state index contributed by atoms with van der Waals surface area (Å²) >= 11 is 0. The van der Waals surface area contributed by atoms with Crippen LogP contribution in [-0.2, 0) is 23.8 Å². The predicted octanol–water partition coefficient (Wildman–Crippen LogP) is 12.2. The van der Waals surface area contributed by atoms with Gasteiger partial charge in [0.2, 0.25) is 0 Å². The molecular formula is C55H67N3O10. The fraction of sp³-hybridized carbons (Fsp3) is 0.455. The van der Waals surface area contributed by atoms with E-state index in [1.165, 1.54) is 11.1 Å². The Hall–Kier alpha value is -6.50. The number of urea groups is 1. The summed E-state index contributed by atoms with van der Waals surface area (Å²) in [4.78, 5) is 79.0. The molecular weight excluding hydrogens is 863 g/mol. The Balaban J connectivity index is 0.000000221. The van der Waals surface area contributed by atoms with Gasteiger partial charge < -0.3 is 24.6 Å². The van der Waals surface area contributed by atoms with E-state index in [4.69, 9.17) is 14.2 Å². The molecule has 1 aliphatic heterocycles. The summed E-state index contributed by atoms with van der Waals surface area (Å²) in [6, 6.07) is 31.9. The first-order chi connectivity index (χ1) is 31.6. The molecule has 13 heteroatoms. The second-order valence-electron chi connectivity index (χ2n) is 20.5. The van der Waals surface area contributed by atoms with E-state index >= 15 is 0 Å². The van der Waals surface area contributed by atoms with Gasteiger partial charge in [0.1, 0.15) is 28.9 Å². The van der Waals surface area contributed by atoms with Crippen molar-refractivity contribution in [2.75, 3.05) is 6.61 Å². The molecule has 2 N–H and O–H groups in total. The average Bonchev–Trinajstić information content (AvgIpc) is 3.70. The Morgan fingerprint density at radius 3 is 1.51 bits per heavy atom. The molecule has 0 aromatic heterocycles. The number of aliphatic carboxylic acids is 1. The molecule has 4 aromatic rings. The summed E-state index contributed by atoms with van der Waals surface area (Å²) in [6.07, 6.45) is 1.16. The van der Waals surface area contributed by atoms with Crippen molar-refractivity contribution in [3.63, 3.8) is 0 Å². The SMILES string of the molecule is C.Cc1ccc(C2CCC(NC(=O)OCC3c4ccccc4-c4ccccc43)(C(=O)O)CC2)cc1.Cc1ccc(C2CCC3(CC2)C(=O)N(C(=O)OC(C)(C)C)C(=O)N3C(=O)OC(C)(C)C)cc1. The Labute approximate surface area is 400 Å². The molecule has 68 heavy (non-hydrogen) atoms. The Morgan fingerprint density at radius 2 is 1.07 bits per heavy atom. The number of carboxylic acid groups (broad SMARTS) is 1. The maximum Gasteiger partial charge on any atom is 0.425 e. The average molecular weight is 930 g/mol. The van der Waals surface area contributed by atoms with Gasteiger partial charge in [-0.05, 0) is 152 Å². The largest absolute Gasteiger partial charge is 0.480 e. The molecule has 0 bridgehead atoms. The van der Waals surface area contributed by atoms with Crippen molar-refractivity contribution < 1.29 is 48.1 Å². The van der Waals surface area contributed by atoms with Crippen molar-refractivity contribution in [1.82, 2.24) is 15.1 Å². The normalized spacial score (nSPS) is 22.2. The maximum absolute atomic E-state index is 13.5. The van der Waals surface area contributed by atoms with Gasteiger partial charge in [-0.3, -0.25) is 4.79 Å². The first kappa shape index (κ1) is 50.9. The lowest BCUT2D eigenvalue weighted by molar-refractivity contribution is -0.146. The molecule has 8 rings (SSSR count). The summed E-state index contributed by atoms with van der Waals surface area (Å²) in [7, 11) is 0. The minimum absolute atomic E-state index is 0. The van der Waals surface area contributed by atoms with E-state index in [1.54, 1.807) is 41.5 Å². The van der Waals surface area contributed by atoms with Crippen LogP contribution in [0.15, 0.2) is 97.1 Å². The van der Waals surface area contributed by atoms with Crippen molar-refractivity contribution in [3.05, 3.63) is 130 Å². The van der Waals surface area contributed by atoms with E-state index in [0.29, 0.717) is 49.3 Å². The number of hydrogen-bond acceptors (Lipinski definition) is 9. The van der Waals surface area contributed by atoms with Gasteiger partial charge in [-0.25, -0.2) is 28.9 Å². The Bertz CT molecular complexity index is 2460. The number of aryl methyl sites for hydroxylation is 2. The van der Waals surface area contributed by atoms with Gasteiger partial charge >= 0.3 is 30.3 Å². The third kappa shape index (κ3) is 10.8. The Morgan fingerprint density at radius 1 is 0.647 bits per heavy atom. The van der Waals surface area contributed by atoms with E-state index in [-0.39, 0.29) is 38.7 Å². The number of carbonyl (C=O) groups is 6. The van der Waals surface area contributed by atoms with E-state index < -0.39 is 58.5 Å². The zero-order valence-corrected chi connectivity index (χ0v) is 39.8. The van der Waals surface area contributed by atoms with E-state index in [9.17, 15) is 33.9 Å². The topological polar surface area (TPSA) is 169 Å². The molecule has 0 radical (unpaired) electrons. The number of ether oxygens (including phenoxy) is 3. The van der Waals surface area contributed by atoms with Gasteiger partial charge in [0.05, 0.1) is 0 Å². The maximum atomic E-state index is 13.5. The number of fused-ring (bicyclic) bond motifs is 3. The number of carboxylic acids is 1. The number of carbonyl (C=O) groups excluding carboxylic acids is 5. The molecule has 362 valence electrons. The summed E-state index contributed by atoms with van der Waals surface area (Å²) in [5, 5.41) is 12.7. The highest BCUT2D eigenvalue weighted by Gasteiger charge is 2.64. The fourth-order valence-corrected chi connectivity index (χ4v) is 9.91. The van der Waals surface area contributed by atoms with Crippen LogP contribution in [0.5, 0.6) is 0 Å². The number of nitrogens with one attached hydrogen (secondary N) is 1. The van der Waals surface area contributed by atoms with Gasteiger partial charge in [-0.1, -0.05) is 116 Å². The van der Waals surface area contributed by atoms with Crippen LogP contribution < -0.4 is 5.32 Å². The molecule has 4 aliphatic rings. The number of amides is 6. The second kappa shape index (κ2) is 20.0. The van der Waals surface area contributed by atoms with Crippen LogP contribution in [0.25, 0.3) is 11.1 Å². The van der Waals surface area contributed by atoms with Crippen molar-refractivity contribution in [2.24, 2.45) is 0 Å². The van der Waals surface area contributed by atoms with Gasteiger partial charge in [-0.2, -0.15) is 4.90 Å². The number of imide groups is 4. The molecule has 1 heterocycles. The van der Waals surface area contributed by atoms with Gasteiger partial charge in [0, 0.05) is 5.92 Å². The van der Waals surface area contributed by atoms with E-state index in [0.717, 1.165) is 38.3 Å². The first-order valence-electron chi connectivity index (χ1n) is 23.3. The fourth-order valence-electron chi connectivity index (χ4n) is 9.91. The highest BCUT2D eigenvalue weighted by atomic mass is 16.6. The molecule has 13 nitrogen and oxygen atoms in total. The molecule has 2 saturated carbocycles. The van der Waals surface area contributed by atoms with Crippen molar-refractivity contribution in [1.29, 1.82) is 0 Å². The summed E-state index contributed by atoms with van der Waals surface area (Å²) < 4.78 is 16.4. The number of benzene rings is 4. The minimum Gasteiger partial charge on any atom is -0.480 e. The summed E-state index contributed by atoms with van der Waals surface area (Å²) in [6.45, 7) is 14.2. The number of nitrogens with zero attached hydrogens (tertiary/aromatic N) is 2. The van der Waals surface area contributed by atoms with Crippen molar-refractivity contribution in [3.8, 4) is 11.1 Å². The molecule has 1 saturated heterocycles. The van der Waals surface area contributed by atoms with Gasteiger partial charge in [0.15, 0.2) is 0 Å². The highest BCUT2D eigenvalue weighted by molar-refractivity contribution is 6.20. The number of hydrogen-bond donors (Lipinski definition) is 2. The summed E-state index contributed by atoms with van der Waals surface area (Å²) in [5.41, 5.74) is 4.78. The van der Waals surface area contributed by atoms with E-state index in [1.807, 2.05) is 43.3 Å². The molecule has 6 amide bonds. The molecule has 3 aliphatic carbocycles. The zero-order valence-electron chi connectivity index (χ0n) is 39.8. The van der Waals surface area contributed by atoms with Crippen molar-refractivity contribution in [2.45, 2.75) is 154 Å². The standard InChI is InChI=1S/C29H29NO4.C25H34N2O6.CH4/c1-19-10-12-20(13-11-19)21-14-16-29(17-15-21,27(31)32)30-28(33)34-18-26-24-8-4-2-6-22(24)23-7-3-5-9-25(23)26;1-16-8-10-17(11-9-16)18-12-14-25(15-13-18)19(28)26(21(30)32-23(2,3)4)20(29)27(25)22(31)33-24(5,6)7;/h2-13,21,26H,14-18H2,1H3,(H,30,33)(H,31,32);8-11,18H,12-15H2,1-7H3;1H4. The Kier molecular flexibility index (Phi) is 15.0. The van der Waals surface area contributed by atoms with Crippen LogP contribution in [0.2, 0.25) is 0 Å². The molecule has 0 unspecified atom stereocenters. The smallest absolute Gasteiger partial charge is 0.425 e.